The van der Waals surface area contributed by atoms with Gasteiger partial charge in [0.15, 0.2) is 0 Å². The van der Waals surface area contributed by atoms with Gasteiger partial charge < -0.3 is 5.32 Å². The van der Waals surface area contributed by atoms with Crippen LogP contribution in [0.4, 0.5) is 0 Å². The predicted octanol–water partition coefficient (Wildman–Crippen LogP) is 2.28. The van der Waals surface area contributed by atoms with Crippen molar-refractivity contribution >= 4 is 0 Å². The van der Waals surface area contributed by atoms with Crippen molar-refractivity contribution in [2.24, 2.45) is 11.3 Å². The van der Waals surface area contributed by atoms with Crippen LogP contribution >= 0.6 is 0 Å². The van der Waals surface area contributed by atoms with Crippen LogP contribution in [0.3, 0.4) is 0 Å². The van der Waals surface area contributed by atoms with Gasteiger partial charge in [0, 0.05) is 38.3 Å². The monoisotopic (exact) mass is 269 g/mol. The van der Waals surface area contributed by atoms with E-state index in [2.05, 4.69) is 63.7 Å². The normalized spacial score (nSPS) is 22.1. The van der Waals surface area contributed by atoms with Crippen molar-refractivity contribution in [3.63, 3.8) is 0 Å². The molecule has 0 radical (unpaired) electrons. The van der Waals surface area contributed by atoms with Crippen LogP contribution in [0.5, 0.6) is 0 Å². The van der Waals surface area contributed by atoms with Gasteiger partial charge in [0.25, 0.3) is 0 Å². The zero-order valence-electron chi connectivity index (χ0n) is 14.2. The van der Waals surface area contributed by atoms with Gasteiger partial charge in [0.1, 0.15) is 0 Å². The van der Waals surface area contributed by atoms with Crippen LogP contribution in [-0.2, 0) is 0 Å². The molecule has 3 heteroatoms. The van der Waals surface area contributed by atoms with E-state index in [9.17, 15) is 0 Å². The number of nitrogens with one attached hydrogen (secondary N) is 1. The van der Waals surface area contributed by atoms with E-state index < -0.39 is 0 Å². The quantitative estimate of drug-likeness (QED) is 0.798. The van der Waals surface area contributed by atoms with E-state index in [1.54, 1.807) is 0 Å². The van der Waals surface area contributed by atoms with Gasteiger partial charge in [-0.15, -0.1) is 0 Å². The van der Waals surface area contributed by atoms with Gasteiger partial charge in [-0.05, 0) is 38.8 Å². The first-order valence-corrected chi connectivity index (χ1v) is 7.77. The van der Waals surface area contributed by atoms with Crippen LogP contribution in [0.2, 0.25) is 0 Å². The minimum absolute atomic E-state index is 0.305. The smallest absolute Gasteiger partial charge is 0.0277 e. The fourth-order valence-corrected chi connectivity index (χ4v) is 2.84. The maximum Gasteiger partial charge on any atom is 0.0277 e. The third-order valence-corrected chi connectivity index (χ3v) is 4.20. The standard InChI is InChI=1S/C16H35N3/c1-14(2)10-17-11-15(3,4)12-19-9-8-18(7)16(5,6)13-19/h14,17H,8-13H2,1-7H3. The van der Waals surface area contributed by atoms with Crippen molar-refractivity contribution in [1.82, 2.24) is 15.1 Å². The molecule has 1 aliphatic heterocycles. The lowest BCUT2D eigenvalue weighted by Crippen LogP contribution is -2.59. The Morgan fingerprint density at radius 2 is 1.84 bits per heavy atom. The summed E-state index contributed by atoms with van der Waals surface area (Å²) < 4.78 is 0. The van der Waals surface area contributed by atoms with Gasteiger partial charge >= 0.3 is 0 Å². The Kier molecular flexibility index (Phi) is 5.84. The van der Waals surface area contributed by atoms with Gasteiger partial charge in [-0.3, -0.25) is 9.80 Å². The number of hydrogen-bond acceptors (Lipinski definition) is 3. The molecular weight excluding hydrogens is 234 g/mol. The van der Waals surface area contributed by atoms with Gasteiger partial charge in [-0.2, -0.15) is 0 Å². The number of nitrogens with zero attached hydrogens (tertiary/aromatic N) is 2. The van der Waals surface area contributed by atoms with E-state index in [-0.39, 0.29) is 0 Å². The fraction of sp³-hybridized carbons (Fsp3) is 1.00. The Balaban J connectivity index is 2.40. The van der Waals surface area contributed by atoms with Crippen LogP contribution in [-0.4, -0.2) is 61.7 Å². The predicted molar refractivity (Wildman–Crippen MR) is 84.6 cm³/mol. The number of hydrogen-bond donors (Lipinski definition) is 1. The molecule has 0 unspecified atom stereocenters. The second-order valence-electron chi connectivity index (χ2n) is 8.13. The largest absolute Gasteiger partial charge is 0.316 e. The van der Waals surface area contributed by atoms with Crippen molar-refractivity contribution < 1.29 is 0 Å². The maximum absolute atomic E-state index is 3.61. The van der Waals surface area contributed by atoms with Crippen molar-refractivity contribution in [2.75, 3.05) is 46.3 Å². The molecule has 0 bridgehead atoms. The summed E-state index contributed by atoms with van der Waals surface area (Å²) in [5.41, 5.74) is 0.653. The molecule has 0 aromatic carbocycles. The van der Waals surface area contributed by atoms with Crippen LogP contribution in [0, 0.1) is 11.3 Å². The maximum atomic E-state index is 3.61. The number of rotatable bonds is 6. The summed E-state index contributed by atoms with van der Waals surface area (Å²) in [6, 6.07) is 0. The molecule has 0 atom stereocenters. The van der Waals surface area contributed by atoms with Crippen LogP contribution in [0.25, 0.3) is 0 Å². The molecule has 1 rings (SSSR count). The number of likely N-dealkylation sites (N-methyl/N-ethyl adjacent to an activating group) is 1. The minimum atomic E-state index is 0.305. The van der Waals surface area contributed by atoms with E-state index in [1.807, 2.05) is 0 Å². The molecule has 1 fully saturated rings. The molecular formula is C16H35N3. The van der Waals surface area contributed by atoms with Crippen molar-refractivity contribution in [3.8, 4) is 0 Å². The highest BCUT2D eigenvalue weighted by atomic mass is 15.3. The lowest BCUT2D eigenvalue weighted by molar-refractivity contribution is 0.0217. The van der Waals surface area contributed by atoms with E-state index in [0.29, 0.717) is 11.0 Å². The van der Waals surface area contributed by atoms with Crippen molar-refractivity contribution in [2.45, 2.75) is 47.1 Å². The average Bonchev–Trinajstić information content (AvgIpc) is 2.21. The number of piperazine rings is 1. The third-order valence-electron chi connectivity index (χ3n) is 4.20. The Morgan fingerprint density at radius 3 is 2.37 bits per heavy atom. The highest BCUT2D eigenvalue weighted by Crippen LogP contribution is 2.23. The summed E-state index contributed by atoms with van der Waals surface area (Å²) in [4.78, 5) is 5.12. The molecule has 114 valence electrons. The molecule has 0 spiro atoms. The minimum Gasteiger partial charge on any atom is -0.316 e. The van der Waals surface area contributed by atoms with Crippen molar-refractivity contribution in [3.05, 3.63) is 0 Å². The summed E-state index contributed by atoms with van der Waals surface area (Å²) in [5.74, 6) is 0.735. The molecule has 0 aromatic heterocycles. The zero-order chi connectivity index (χ0) is 14.7. The second kappa shape index (κ2) is 6.55. The fourth-order valence-electron chi connectivity index (χ4n) is 2.84. The summed E-state index contributed by atoms with van der Waals surface area (Å²) in [6.07, 6.45) is 0. The Morgan fingerprint density at radius 1 is 1.21 bits per heavy atom. The zero-order valence-corrected chi connectivity index (χ0v) is 14.2. The van der Waals surface area contributed by atoms with E-state index in [4.69, 9.17) is 0 Å². The lowest BCUT2D eigenvalue weighted by atomic mass is 9.90. The summed E-state index contributed by atoms with van der Waals surface area (Å²) in [5, 5.41) is 3.61. The second-order valence-corrected chi connectivity index (χ2v) is 8.13. The van der Waals surface area contributed by atoms with E-state index >= 15 is 0 Å². The summed E-state index contributed by atoms with van der Waals surface area (Å²) >= 11 is 0. The Hall–Kier alpha value is -0.120. The third kappa shape index (κ3) is 5.80. The topological polar surface area (TPSA) is 18.5 Å². The molecule has 0 saturated carbocycles. The highest BCUT2D eigenvalue weighted by molar-refractivity contribution is 4.90. The molecule has 0 amide bonds. The molecule has 19 heavy (non-hydrogen) atoms. The summed E-state index contributed by atoms with van der Waals surface area (Å²) in [6.45, 7) is 21.0. The van der Waals surface area contributed by atoms with Gasteiger partial charge in [-0.25, -0.2) is 0 Å². The van der Waals surface area contributed by atoms with Crippen LogP contribution in [0.1, 0.15) is 41.5 Å². The summed E-state index contributed by atoms with van der Waals surface area (Å²) in [7, 11) is 2.24. The first kappa shape index (κ1) is 16.9. The molecule has 0 aromatic rings. The lowest BCUT2D eigenvalue weighted by Gasteiger charge is -2.47. The highest BCUT2D eigenvalue weighted by Gasteiger charge is 2.33. The first-order chi connectivity index (χ1) is 8.62. The molecule has 0 aliphatic carbocycles. The van der Waals surface area contributed by atoms with E-state index in [1.165, 1.54) is 26.2 Å². The average molecular weight is 269 g/mol. The van der Waals surface area contributed by atoms with Crippen LogP contribution in [0.15, 0.2) is 0 Å². The SMILES string of the molecule is CC(C)CNCC(C)(C)CN1CCN(C)C(C)(C)C1. The van der Waals surface area contributed by atoms with E-state index in [0.717, 1.165) is 19.0 Å². The van der Waals surface area contributed by atoms with Crippen molar-refractivity contribution in [1.29, 1.82) is 0 Å². The Bertz CT molecular complexity index is 271. The van der Waals surface area contributed by atoms with Crippen LogP contribution < -0.4 is 5.32 Å². The van der Waals surface area contributed by atoms with Gasteiger partial charge in [0.05, 0.1) is 0 Å². The van der Waals surface area contributed by atoms with Gasteiger partial charge in [-0.1, -0.05) is 27.7 Å². The molecule has 1 aliphatic rings. The molecule has 1 N–H and O–H groups in total. The first-order valence-electron chi connectivity index (χ1n) is 7.77. The molecule has 1 saturated heterocycles. The van der Waals surface area contributed by atoms with Gasteiger partial charge in [0.2, 0.25) is 0 Å². The molecule has 1 heterocycles. The molecule has 3 nitrogen and oxygen atoms in total. The Labute approximate surface area is 120 Å².